The molecule has 0 aliphatic rings. The Labute approximate surface area is 126 Å². The molecule has 1 aromatic carbocycles. The second-order valence-corrected chi connectivity index (χ2v) is 7.00. The molecule has 1 aromatic rings. The van der Waals surface area contributed by atoms with E-state index in [1.54, 1.807) is 18.7 Å². The third kappa shape index (κ3) is 5.55. The lowest BCUT2D eigenvalue weighted by molar-refractivity contribution is -0.121. The van der Waals surface area contributed by atoms with Crippen molar-refractivity contribution in [3.63, 3.8) is 0 Å². The van der Waals surface area contributed by atoms with Crippen molar-refractivity contribution in [2.24, 2.45) is 5.92 Å². The predicted molar refractivity (Wildman–Crippen MR) is 85.7 cm³/mol. The minimum atomic E-state index is -0.862. The Bertz CT molecular complexity index is 418. The minimum absolute atomic E-state index is 0.0214. The van der Waals surface area contributed by atoms with Crippen LogP contribution in [0.25, 0.3) is 0 Å². The Morgan fingerprint density at radius 3 is 2.45 bits per heavy atom. The number of rotatable bonds is 7. The molecule has 0 bridgehead atoms. The number of hydrogen-bond acceptors (Lipinski definition) is 3. The van der Waals surface area contributed by atoms with Crippen molar-refractivity contribution in [3.05, 3.63) is 35.9 Å². The fourth-order valence-corrected chi connectivity index (χ4v) is 2.35. The maximum Gasteiger partial charge on any atom is 0.232 e. The SMILES string of the molecule is CC(SCc1ccccc1)C(=O)NCC(C)(O)C(C)C. The van der Waals surface area contributed by atoms with Gasteiger partial charge in [0.15, 0.2) is 0 Å². The number of amides is 1. The molecule has 0 saturated heterocycles. The van der Waals surface area contributed by atoms with Crippen LogP contribution in [0.3, 0.4) is 0 Å². The van der Waals surface area contributed by atoms with Gasteiger partial charge in [-0.1, -0.05) is 44.2 Å². The van der Waals surface area contributed by atoms with E-state index in [4.69, 9.17) is 0 Å². The summed E-state index contributed by atoms with van der Waals surface area (Å²) in [6, 6.07) is 10.1. The summed E-state index contributed by atoms with van der Waals surface area (Å²) in [7, 11) is 0. The Morgan fingerprint density at radius 2 is 1.90 bits per heavy atom. The molecule has 0 spiro atoms. The molecule has 0 radical (unpaired) electrons. The Morgan fingerprint density at radius 1 is 1.30 bits per heavy atom. The average Bonchev–Trinajstić information content (AvgIpc) is 2.43. The second-order valence-electron chi connectivity index (χ2n) is 5.67. The molecule has 2 N–H and O–H groups in total. The zero-order valence-corrected chi connectivity index (χ0v) is 13.5. The number of hydrogen-bond donors (Lipinski definition) is 2. The molecule has 2 unspecified atom stereocenters. The summed E-state index contributed by atoms with van der Waals surface area (Å²) in [6.45, 7) is 7.83. The highest BCUT2D eigenvalue weighted by molar-refractivity contribution is 7.99. The van der Waals surface area contributed by atoms with Crippen LogP contribution in [0.4, 0.5) is 0 Å². The fraction of sp³-hybridized carbons (Fsp3) is 0.562. The molecule has 0 aliphatic heterocycles. The average molecular weight is 295 g/mol. The van der Waals surface area contributed by atoms with Crippen LogP contribution in [0.1, 0.15) is 33.3 Å². The summed E-state index contributed by atoms with van der Waals surface area (Å²) in [5.41, 5.74) is 0.353. The molecule has 20 heavy (non-hydrogen) atoms. The van der Waals surface area contributed by atoms with Gasteiger partial charge in [0.05, 0.1) is 10.9 Å². The monoisotopic (exact) mass is 295 g/mol. The molecule has 3 nitrogen and oxygen atoms in total. The van der Waals surface area contributed by atoms with Crippen LogP contribution in [0, 0.1) is 5.92 Å². The lowest BCUT2D eigenvalue weighted by Crippen LogP contribution is -2.46. The lowest BCUT2D eigenvalue weighted by atomic mass is 9.92. The van der Waals surface area contributed by atoms with Crippen molar-refractivity contribution in [2.45, 2.75) is 44.3 Å². The summed E-state index contributed by atoms with van der Waals surface area (Å²) >= 11 is 1.60. The van der Waals surface area contributed by atoms with Gasteiger partial charge in [0, 0.05) is 12.3 Å². The van der Waals surface area contributed by atoms with Gasteiger partial charge in [-0.25, -0.2) is 0 Å². The molecule has 0 saturated carbocycles. The predicted octanol–water partition coefficient (Wildman–Crippen LogP) is 2.83. The first-order valence-electron chi connectivity index (χ1n) is 6.98. The zero-order chi connectivity index (χ0) is 15.2. The van der Waals surface area contributed by atoms with Crippen LogP contribution >= 0.6 is 11.8 Å². The highest BCUT2D eigenvalue weighted by Crippen LogP contribution is 2.18. The van der Waals surface area contributed by atoms with E-state index in [1.165, 1.54) is 5.56 Å². The van der Waals surface area contributed by atoms with Crippen LogP contribution in [0.15, 0.2) is 30.3 Å². The van der Waals surface area contributed by atoms with Crippen molar-refractivity contribution in [3.8, 4) is 0 Å². The van der Waals surface area contributed by atoms with E-state index in [1.807, 2.05) is 39.0 Å². The summed E-state index contributed by atoms with van der Waals surface area (Å²) in [4.78, 5) is 12.0. The molecule has 4 heteroatoms. The van der Waals surface area contributed by atoms with E-state index < -0.39 is 5.60 Å². The number of thioether (sulfide) groups is 1. The van der Waals surface area contributed by atoms with Gasteiger partial charge in [-0.2, -0.15) is 0 Å². The molecule has 1 amide bonds. The van der Waals surface area contributed by atoms with Crippen LogP contribution in [0.2, 0.25) is 0 Å². The Hall–Kier alpha value is -1.00. The summed E-state index contributed by atoms with van der Waals surface area (Å²) < 4.78 is 0. The first kappa shape index (κ1) is 17.1. The third-order valence-corrected chi connectivity index (χ3v) is 4.79. The maximum atomic E-state index is 12.0. The van der Waals surface area contributed by atoms with Crippen molar-refractivity contribution in [1.29, 1.82) is 0 Å². The van der Waals surface area contributed by atoms with E-state index in [9.17, 15) is 9.90 Å². The van der Waals surface area contributed by atoms with E-state index in [0.29, 0.717) is 6.54 Å². The number of benzene rings is 1. The van der Waals surface area contributed by atoms with Crippen LogP contribution < -0.4 is 5.32 Å². The summed E-state index contributed by atoms with van der Waals surface area (Å²) in [5.74, 6) is 0.901. The van der Waals surface area contributed by atoms with Crippen LogP contribution in [-0.4, -0.2) is 28.4 Å². The summed E-state index contributed by atoms with van der Waals surface area (Å²) in [5, 5.41) is 12.8. The highest BCUT2D eigenvalue weighted by atomic mass is 32.2. The largest absolute Gasteiger partial charge is 0.388 e. The van der Waals surface area contributed by atoms with E-state index in [2.05, 4.69) is 17.4 Å². The molecule has 0 heterocycles. The summed E-state index contributed by atoms with van der Waals surface area (Å²) in [6.07, 6.45) is 0. The standard InChI is InChI=1S/C16H25NO2S/c1-12(2)16(4,19)11-17-15(18)13(3)20-10-14-8-6-5-7-9-14/h5-9,12-13,19H,10-11H2,1-4H3,(H,17,18). The Balaban J connectivity index is 2.36. The maximum absolute atomic E-state index is 12.0. The van der Waals surface area contributed by atoms with E-state index >= 15 is 0 Å². The molecule has 0 aliphatic carbocycles. The van der Waals surface area contributed by atoms with Crippen LogP contribution in [0.5, 0.6) is 0 Å². The van der Waals surface area contributed by atoms with Crippen molar-refractivity contribution in [1.82, 2.24) is 5.32 Å². The Kier molecular flexibility index (Phi) is 6.56. The van der Waals surface area contributed by atoms with Crippen molar-refractivity contribution >= 4 is 17.7 Å². The normalized spacial score (nSPS) is 15.7. The van der Waals surface area contributed by atoms with Gasteiger partial charge >= 0.3 is 0 Å². The van der Waals surface area contributed by atoms with Gasteiger partial charge in [0.2, 0.25) is 5.91 Å². The zero-order valence-electron chi connectivity index (χ0n) is 12.7. The minimum Gasteiger partial charge on any atom is -0.388 e. The van der Waals surface area contributed by atoms with Crippen molar-refractivity contribution in [2.75, 3.05) is 6.54 Å². The van der Waals surface area contributed by atoms with E-state index in [-0.39, 0.29) is 17.1 Å². The molecule has 0 aromatic heterocycles. The second kappa shape index (κ2) is 7.70. The smallest absolute Gasteiger partial charge is 0.232 e. The van der Waals surface area contributed by atoms with Gasteiger partial charge in [-0.05, 0) is 25.3 Å². The van der Waals surface area contributed by atoms with Gasteiger partial charge in [-0.15, -0.1) is 11.8 Å². The van der Waals surface area contributed by atoms with Gasteiger partial charge < -0.3 is 10.4 Å². The molecule has 1 rings (SSSR count). The number of carbonyl (C=O) groups excluding carboxylic acids is 1. The molecule has 0 fully saturated rings. The molecular weight excluding hydrogens is 270 g/mol. The molecule has 112 valence electrons. The number of carbonyl (C=O) groups is 1. The molecule has 2 atom stereocenters. The van der Waals surface area contributed by atoms with Crippen LogP contribution in [-0.2, 0) is 10.5 Å². The quantitative estimate of drug-likeness (QED) is 0.813. The molecular formula is C16H25NO2S. The topological polar surface area (TPSA) is 49.3 Å². The van der Waals surface area contributed by atoms with Crippen molar-refractivity contribution < 1.29 is 9.90 Å². The van der Waals surface area contributed by atoms with Gasteiger partial charge in [0.1, 0.15) is 0 Å². The highest BCUT2D eigenvalue weighted by Gasteiger charge is 2.26. The third-order valence-electron chi connectivity index (χ3n) is 3.58. The van der Waals surface area contributed by atoms with Gasteiger partial charge in [-0.3, -0.25) is 4.79 Å². The van der Waals surface area contributed by atoms with E-state index in [0.717, 1.165) is 5.75 Å². The number of nitrogens with one attached hydrogen (secondary N) is 1. The lowest BCUT2D eigenvalue weighted by Gasteiger charge is -2.28. The number of aliphatic hydroxyl groups is 1. The first-order valence-corrected chi connectivity index (χ1v) is 8.03. The van der Waals surface area contributed by atoms with Gasteiger partial charge in [0.25, 0.3) is 0 Å². The first-order chi connectivity index (χ1) is 9.33. The fourth-order valence-electron chi connectivity index (χ4n) is 1.49.